The van der Waals surface area contributed by atoms with E-state index in [1.807, 2.05) is 35.9 Å². The van der Waals surface area contributed by atoms with E-state index in [1.165, 1.54) is 0 Å². The number of hydrogen-bond acceptors (Lipinski definition) is 3. The van der Waals surface area contributed by atoms with E-state index in [0.29, 0.717) is 21.9 Å². The van der Waals surface area contributed by atoms with Crippen LogP contribution < -0.4 is 13.8 Å². The van der Waals surface area contributed by atoms with Crippen LogP contribution in [0.1, 0.15) is 18.5 Å². The molecular weight excluding hydrogens is 367 g/mol. The highest BCUT2D eigenvalue weighted by Gasteiger charge is 2.11. The molecule has 18 heavy (non-hydrogen) atoms. The smallest absolute Gasteiger partial charge is 0.253 e. The van der Waals surface area contributed by atoms with Gasteiger partial charge in [-0.25, -0.2) is 0 Å². The van der Waals surface area contributed by atoms with E-state index >= 15 is 0 Å². The lowest BCUT2D eigenvalue weighted by molar-refractivity contribution is 0.415. The Labute approximate surface area is 123 Å². The predicted octanol–water partition coefficient (Wildman–Crippen LogP) is 3.19. The summed E-state index contributed by atoms with van der Waals surface area (Å²) < 4.78 is 8.14. The van der Waals surface area contributed by atoms with Gasteiger partial charge in [-0.3, -0.25) is 8.32 Å². The normalized spacial score (nSPS) is 12.7. The van der Waals surface area contributed by atoms with E-state index < -0.39 is 0 Å². The van der Waals surface area contributed by atoms with Gasteiger partial charge < -0.3 is 9.72 Å². The van der Waals surface area contributed by atoms with E-state index in [9.17, 15) is 4.79 Å². The van der Waals surface area contributed by atoms with Crippen molar-refractivity contribution in [2.45, 2.75) is 13.0 Å². The maximum absolute atomic E-state index is 11.9. The molecule has 0 spiro atoms. The van der Waals surface area contributed by atoms with Crippen molar-refractivity contribution in [3.8, 4) is 5.75 Å². The summed E-state index contributed by atoms with van der Waals surface area (Å²) in [4.78, 5) is 14.8. The zero-order valence-electron chi connectivity index (χ0n) is 9.88. The average molecular weight is 379 g/mol. The SMILES string of the molecule is COc1cc2[nH]c(=O)c(C(C)NI)cc2cc1Cl. The van der Waals surface area contributed by atoms with Crippen molar-refractivity contribution in [1.29, 1.82) is 0 Å². The van der Waals surface area contributed by atoms with Crippen LogP contribution in [-0.2, 0) is 0 Å². The molecule has 1 atom stereocenters. The van der Waals surface area contributed by atoms with Crippen LogP contribution in [0.2, 0.25) is 5.02 Å². The van der Waals surface area contributed by atoms with Crippen molar-refractivity contribution in [3.63, 3.8) is 0 Å². The van der Waals surface area contributed by atoms with E-state index in [-0.39, 0.29) is 11.6 Å². The van der Waals surface area contributed by atoms with Crippen LogP contribution in [0, 0.1) is 0 Å². The molecule has 4 nitrogen and oxygen atoms in total. The second kappa shape index (κ2) is 5.46. The summed E-state index contributed by atoms with van der Waals surface area (Å²) >= 11 is 8.10. The van der Waals surface area contributed by atoms with E-state index in [1.54, 1.807) is 19.2 Å². The maximum atomic E-state index is 11.9. The Bertz CT molecular complexity index is 642. The average Bonchev–Trinajstić information content (AvgIpc) is 2.37. The molecule has 1 heterocycles. The van der Waals surface area contributed by atoms with Gasteiger partial charge in [0.15, 0.2) is 0 Å². The van der Waals surface area contributed by atoms with Crippen molar-refractivity contribution >= 4 is 45.4 Å². The first-order valence-electron chi connectivity index (χ1n) is 5.33. The minimum Gasteiger partial charge on any atom is -0.495 e. The third kappa shape index (κ3) is 2.48. The maximum Gasteiger partial charge on any atom is 0.253 e. The molecule has 0 bridgehead atoms. The first kappa shape index (κ1) is 13.6. The molecule has 0 radical (unpaired) electrons. The van der Waals surface area contributed by atoms with Gasteiger partial charge in [-0.2, -0.15) is 0 Å². The van der Waals surface area contributed by atoms with Gasteiger partial charge in [-0.1, -0.05) is 11.6 Å². The summed E-state index contributed by atoms with van der Waals surface area (Å²) in [6, 6.07) is 5.33. The number of halogens is 2. The predicted molar refractivity (Wildman–Crippen MR) is 81.7 cm³/mol. The zero-order valence-corrected chi connectivity index (χ0v) is 12.8. The summed E-state index contributed by atoms with van der Waals surface area (Å²) in [5.41, 5.74) is 1.28. The second-order valence-electron chi connectivity index (χ2n) is 3.96. The van der Waals surface area contributed by atoms with E-state index in [4.69, 9.17) is 16.3 Å². The van der Waals surface area contributed by atoms with Crippen LogP contribution in [0.3, 0.4) is 0 Å². The number of methoxy groups -OCH3 is 1. The Balaban J connectivity index is 2.69. The van der Waals surface area contributed by atoms with Crippen LogP contribution in [0.4, 0.5) is 0 Å². The highest BCUT2D eigenvalue weighted by Crippen LogP contribution is 2.29. The summed E-state index contributed by atoms with van der Waals surface area (Å²) in [6.45, 7) is 1.92. The van der Waals surface area contributed by atoms with Gasteiger partial charge in [-0.05, 0) is 19.1 Å². The Morgan fingerprint density at radius 3 is 2.78 bits per heavy atom. The van der Waals surface area contributed by atoms with Gasteiger partial charge in [0.1, 0.15) is 5.75 Å². The first-order chi connectivity index (χ1) is 8.56. The van der Waals surface area contributed by atoms with Crippen LogP contribution in [0.15, 0.2) is 23.0 Å². The quantitative estimate of drug-likeness (QED) is 0.637. The summed E-state index contributed by atoms with van der Waals surface area (Å²) in [7, 11) is 1.54. The monoisotopic (exact) mass is 378 g/mol. The fraction of sp³-hybridized carbons (Fsp3) is 0.250. The highest BCUT2D eigenvalue weighted by molar-refractivity contribution is 14.1. The third-order valence-corrected chi connectivity index (χ3v) is 4.01. The highest BCUT2D eigenvalue weighted by atomic mass is 127. The minimum atomic E-state index is -0.108. The Morgan fingerprint density at radius 2 is 2.17 bits per heavy atom. The van der Waals surface area contributed by atoms with Gasteiger partial charge >= 0.3 is 0 Å². The Hall–Kier alpha value is -0.790. The minimum absolute atomic E-state index is 0.0281. The van der Waals surface area contributed by atoms with Gasteiger partial charge in [0.25, 0.3) is 5.56 Å². The molecule has 0 aliphatic rings. The summed E-state index contributed by atoms with van der Waals surface area (Å²) in [5.74, 6) is 0.549. The number of hydrogen-bond donors (Lipinski definition) is 2. The first-order valence-corrected chi connectivity index (χ1v) is 6.79. The molecular formula is C12H12ClIN2O2. The van der Waals surface area contributed by atoms with Crippen molar-refractivity contribution in [2.75, 3.05) is 7.11 Å². The lowest BCUT2D eigenvalue weighted by Gasteiger charge is -2.10. The molecule has 1 unspecified atom stereocenters. The van der Waals surface area contributed by atoms with Gasteiger partial charge in [0.2, 0.25) is 0 Å². The van der Waals surface area contributed by atoms with Crippen molar-refractivity contribution in [1.82, 2.24) is 8.51 Å². The van der Waals surface area contributed by atoms with Crippen molar-refractivity contribution in [3.05, 3.63) is 39.1 Å². The molecule has 2 rings (SSSR count). The van der Waals surface area contributed by atoms with Crippen LogP contribution in [0.5, 0.6) is 5.75 Å². The fourth-order valence-electron chi connectivity index (χ4n) is 1.76. The van der Waals surface area contributed by atoms with Gasteiger partial charge in [0, 0.05) is 45.9 Å². The number of pyridine rings is 1. The number of ether oxygens (including phenoxy) is 1. The molecule has 0 amide bonds. The summed E-state index contributed by atoms with van der Waals surface area (Å²) in [6.07, 6.45) is 0. The van der Waals surface area contributed by atoms with E-state index in [2.05, 4.69) is 8.51 Å². The molecule has 1 aromatic heterocycles. The molecule has 0 saturated heterocycles. The standard InChI is InChI=1S/C12H12ClIN2O2/c1-6(16-14)8-3-7-4-9(13)11(18-2)5-10(7)15-12(8)17/h3-6,16H,1-2H3,(H,15,17). The molecule has 2 N–H and O–H groups in total. The van der Waals surface area contributed by atoms with Crippen LogP contribution in [0.25, 0.3) is 10.9 Å². The molecule has 1 aromatic carbocycles. The third-order valence-electron chi connectivity index (χ3n) is 2.78. The Morgan fingerprint density at radius 1 is 1.44 bits per heavy atom. The topological polar surface area (TPSA) is 54.1 Å². The fourth-order valence-corrected chi connectivity index (χ4v) is 2.35. The van der Waals surface area contributed by atoms with Crippen LogP contribution >= 0.6 is 34.5 Å². The lowest BCUT2D eigenvalue weighted by atomic mass is 10.1. The number of aromatic nitrogens is 1. The number of nitrogens with one attached hydrogen (secondary N) is 2. The number of benzene rings is 1. The van der Waals surface area contributed by atoms with Crippen molar-refractivity contribution < 1.29 is 4.74 Å². The molecule has 6 heteroatoms. The largest absolute Gasteiger partial charge is 0.495 e. The number of rotatable bonds is 3. The zero-order chi connectivity index (χ0) is 13.3. The molecule has 0 fully saturated rings. The van der Waals surface area contributed by atoms with Crippen molar-refractivity contribution in [2.24, 2.45) is 0 Å². The number of H-pyrrole nitrogens is 1. The van der Waals surface area contributed by atoms with Gasteiger partial charge in [-0.15, -0.1) is 0 Å². The molecule has 0 saturated carbocycles. The number of fused-ring (bicyclic) bond motifs is 1. The second-order valence-corrected chi connectivity index (χ2v) is 4.99. The van der Waals surface area contributed by atoms with Gasteiger partial charge in [0.05, 0.1) is 17.6 Å². The molecule has 96 valence electrons. The molecule has 0 aliphatic carbocycles. The Kier molecular flexibility index (Phi) is 4.14. The summed E-state index contributed by atoms with van der Waals surface area (Å²) in [5, 5.41) is 1.41. The van der Waals surface area contributed by atoms with Crippen LogP contribution in [-0.4, -0.2) is 12.1 Å². The lowest BCUT2D eigenvalue weighted by Crippen LogP contribution is -2.19. The molecule has 0 aliphatic heterocycles. The van der Waals surface area contributed by atoms with E-state index in [0.717, 1.165) is 5.39 Å². The molecule has 2 aromatic rings. The number of aromatic amines is 1.